The molecule has 1 unspecified atom stereocenters. The molecule has 0 amide bonds. The number of hydrogen-bond donors (Lipinski definition) is 0. The molecule has 4 aromatic heterocycles. The minimum absolute atomic E-state index is 0.332. The van der Waals surface area contributed by atoms with Gasteiger partial charge in [-0.1, -0.05) is 0 Å². The second-order valence-corrected chi connectivity index (χ2v) is 8.23. The van der Waals surface area contributed by atoms with E-state index in [1.807, 2.05) is 32.3 Å². The average Bonchev–Trinajstić information content (AvgIpc) is 3.02. The van der Waals surface area contributed by atoms with E-state index in [0.717, 1.165) is 30.0 Å². The lowest BCUT2D eigenvalue weighted by atomic mass is 10.1. The number of aryl methyl sites for hydroxylation is 2. The van der Waals surface area contributed by atoms with E-state index >= 15 is 0 Å². The van der Waals surface area contributed by atoms with Crippen LogP contribution in [0.5, 0.6) is 0 Å². The van der Waals surface area contributed by atoms with Crippen LogP contribution in [-0.4, -0.2) is 54.2 Å². The highest BCUT2D eigenvalue weighted by Gasteiger charge is 2.56. The zero-order chi connectivity index (χ0) is 19.2. The van der Waals surface area contributed by atoms with E-state index in [2.05, 4.69) is 32.1 Å². The van der Waals surface area contributed by atoms with Crippen molar-refractivity contribution in [3.8, 4) is 11.3 Å². The number of aromatic nitrogens is 6. The molecule has 1 aliphatic carbocycles. The molecular formula is C20H20FN7. The predicted molar refractivity (Wildman–Crippen MR) is 102 cm³/mol. The summed E-state index contributed by atoms with van der Waals surface area (Å²) < 4.78 is 18.2. The Morgan fingerprint density at radius 3 is 2.57 bits per heavy atom. The smallest absolute Gasteiger partial charge is 0.179 e. The lowest BCUT2D eigenvalue weighted by Crippen LogP contribution is -2.18. The van der Waals surface area contributed by atoms with E-state index in [9.17, 15) is 4.39 Å². The van der Waals surface area contributed by atoms with E-state index in [4.69, 9.17) is 0 Å². The molecule has 1 aliphatic heterocycles. The van der Waals surface area contributed by atoms with Crippen molar-refractivity contribution in [3.05, 3.63) is 47.4 Å². The van der Waals surface area contributed by atoms with Crippen LogP contribution in [-0.2, 0) is 0 Å². The van der Waals surface area contributed by atoms with Gasteiger partial charge in [0.2, 0.25) is 0 Å². The first-order valence-electron chi connectivity index (χ1n) is 9.56. The summed E-state index contributed by atoms with van der Waals surface area (Å²) in [7, 11) is 2.15. The Morgan fingerprint density at radius 1 is 1.00 bits per heavy atom. The Morgan fingerprint density at radius 2 is 1.79 bits per heavy atom. The zero-order valence-electron chi connectivity index (χ0n) is 16.0. The fraction of sp³-hybridized carbons (Fsp3) is 0.400. The van der Waals surface area contributed by atoms with E-state index in [0.29, 0.717) is 40.5 Å². The molecule has 142 valence electrons. The monoisotopic (exact) mass is 377 g/mol. The van der Waals surface area contributed by atoms with Crippen LogP contribution >= 0.6 is 0 Å². The molecular weight excluding hydrogens is 357 g/mol. The summed E-state index contributed by atoms with van der Waals surface area (Å²) in [5, 5.41) is 8.82. The fourth-order valence-corrected chi connectivity index (χ4v) is 4.81. The topological polar surface area (TPSA) is 63.6 Å². The molecule has 28 heavy (non-hydrogen) atoms. The number of nitrogens with zero attached hydrogens (tertiary/aromatic N) is 7. The Hall–Kier alpha value is -2.87. The molecule has 0 N–H and O–H groups in total. The highest BCUT2D eigenvalue weighted by molar-refractivity contribution is 5.64. The van der Waals surface area contributed by atoms with Gasteiger partial charge < -0.3 is 9.30 Å². The summed E-state index contributed by atoms with van der Waals surface area (Å²) in [6, 6.07) is 3.42. The van der Waals surface area contributed by atoms with Crippen molar-refractivity contribution < 1.29 is 4.39 Å². The molecule has 1 saturated carbocycles. The summed E-state index contributed by atoms with van der Waals surface area (Å²) in [5.74, 6) is 2.13. The molecule has 5 heterocycles. The lowest BCUT2D eigenvalue weighted by Gasteiger charge is -2.11. The van der Waals surface area contributed by atoms with Crippen LogP contribution in [0, 0.1) is 31.5 Å². The molecule has 2 fully saturated rings. The molecule has 0 aromatic carbocycles. The fourth-order valence-electron chi connectivity index (χ4n) is 4.81. The van der Waals surface area contributed by atoms with Crippen LogP contribution < -0.4 is 0 Å². The number of rotatable bonds is 2. The van der Waals surface area contributed by atoms with Gasteiger partial charge in [0.1, 0.15) is 5.82 Å². The van der Waals surface area contributed by atoms with Crippen LogP contribution in [0.2, 0.25) is 0 Å². The number of halogens is 1. The van der Waals surface area contributed by atoms with Gasteiger partial charge in [-0.2, -0.15) is 0 Å². The summed E-state index contributed by atoms with van der Waals surface area (Å²) in [6.07, 6.45) is 3.88. The Bertz CT molecular complexity index is 1240. The van der Waals surface area contributed by atoms with Crippen molar-refractivity contribution >= 4 is 11.3 Å². The average molecular weight is 377 g/mol. The quantitative estimate of drug-likeness (QED) is 0.537. The molecule has 1 saturated heterocycles. The van der Waals surface area contributed by atoms with E-state index in [-0.39, 0.29) is 5.82 Å². The molecule has 7 nitrogen and oxygen atoms in total. The summed E-state index contributed by atoms with van der Waals surface area (Å²) >= 11 is 0. The van der Waals surface area contributed by atoms with Crippen molar-refractivity contribution in [2.24, 2.45) is 11.8 Å². The molecule has 3 atom stereocenters. The summed E-state index contributed by atoms with van der Waals surface area (Å²) in [5.41, 5.74) is 4.42. The van der Waals surface area contributed by atoms with E-state index in [1.165, 1.54) is 10.7 Å². The van der Waals surface area contributed by atoms with Crippen molar-refractivity contribution in [1.29, 1.82) is 0 Å². The first-order valence-corrected chi connectivity index (χ1v) is 9.56. The third-order valence-electron chi connectivity index (χ3n) is 6.14. The van der Waals surface area contributed by atoms with Crippen molar-refractivity contribution in [3.63, 3.8) is 0 Å². The van der Waals surface area contributed by atoms with Crippen molar-refractivity contribution in [2.75, 3.05) is 20.1 Å². The number of likely N-dealkylation sites (tertiary alicyclic amines) is 1. The number of fused-ring (bicyclic) bond motifs is 3. The first kappa shape index (κ1) is 16.1. The maximum absolute atomic E-state index is 14.8. The highest BCUT2D eigenvalue weighted by Crippen LogP contribution is 2.57. The van der Waals surface area contributed by atoms with Gasteiger partial charge in [-0.15, -0.1) is 14.8 Å². The number of imidazole rings is 1. The molecule has 0 radical (unpaired) electrons. The maximum atomic E-state index is 14.8. The van der Waals surface area contributed by atoms with E-state index < -0.39 is 0 Å². The number of pyridine rings is 1. The largest absolute Gasteiger partial charge is 0.306 e. The zero-order valence-corrected chi connectivity index (χ0v) is 16.0. The van der Waals surface area contributed by atoms with Gasteiger partial charge >= 0.3 is 0 Å². The van der Waals surface area contributed by atoms with Crippen molar-refractivity contribution in [2.45, 2.75) is 19.8 Å². The first-order chi connectivity index (χ1) is 13.5. The number of piperidine rings is 1. The van der Waals surface area contributed by atoms with Crippen LogP contribution in [0.4, 0.5) is 4.39 Å². The van der Waals surface area contributed by atoms with Crippen LogP contribution in [0.25, 0.3) is 22.6 Å². The SMILES string of the molecule is Cc1nc2c(C)cc(-c3cc(F)c4nc(C5[C@H]6CN(C)C[C@@H]56)cn4c3)nn2n1. The Labute approximate surface area is 160 Å². The summed E-state index contributed by atoms with van der Waals surface area (Å²) in [6.45, 7) is 6.01. The van der Waals surface area contributed by atoms with Crippen molar-refractivity contribution in [1.82, 2.24) is 34.1 Å². The standard InChI is InChI=1S/C20H20FN7/c1-10-4-16(25-28-19(10)22-11(2)24-28)12-5-15(21)20-23-17(9-27(20)6-12)18-13-7-26(3)8-14(13)18/h4-6,9,13-14,18H,7-8H2,1-3H3/t13-,14+,18?. The van der Waals surface area contributed by atoms with Gasteiger partial charge in [0.25, 0.3) is 0 Å². The van der Waals surface area contributed by atoms with E-state index in [1.54, 1.807) is 4.40 Å². The van der Waals surface area contributed by atoms with Gasteiger partial charge in [-0.05, 0) is 50.4 Å². The second-order valence-electron chi connectivity index (χ2n) is 8.23. The minimum Gasteiger partial charge on any atom is -0.306 e. The maximum Gasteiger partial charge on any atom is 0.179 e. The molecule has 2 aliphatic rings. The third kappa shape index (κ3) is 2.24. The van der Waals surface area contributed by atoms with Gasteiger partial charge in [0.05, 0.1) is 11.4 Å². The predicted octanol–water partition coefficient (Wildman–Crippen LogP) is 2.47. The lowest BCUT2D eigenvalue weighted by molar-refractivity contribution is 0.362. The van der Waals surface area contributed by atoms with Gasteiger partial charge in [-0.25, -0.2) is 14.4 Å². The molecule has 6 rings (SSSR count). The van der Waals surface area contributed by atoms with Gasteiger partial charge in [-0.3, -0.25) is 0 Å². The molecule has 0 spiro atoms. The van der Waals surface area contributed by atoms with Gasteiger partial charge in [0.15, 0.2) is 17.1 Å². The third-order valence-corrected chi connectivity index (χ3v) is 6.14. The molecule has 8 heteroatoms. The molecule has 0 bridgehead atoms. The van der Waals surface area contributed by atoms with Crippen LogP contribution in [0.15, 0.2) is 24.5 Å². The Kier molecular flexibility index (Phi) is 3.08. The minimum atomic E-state index is -0.332. The number of hydrogen-bond acceptors (Lipinski definition) is 5. The molecule has 4 aromatic rings. The Balaban J connectivity index is 1.43. The highest BCUT2D eigenvalue weighted by atomic mass is 19.1. The normalized spacial score (nSPS) is 24.4. The van der Waals surface area contributed by atoms with Crippen LogP contribution in [0.3, 0.4) is 0 Å². The van der Waals surface area contributed by atoms with Gasteiger partial charge in [0, 0.05) is 37.0 Å². The second kappa shape index (κ2) is 5.35. The summed E-state index contributed by atoms with van der Waals surface area (Å²) in [4.78, 5) is 11.3. The van der Waals surface area contributed by atoms with Crippen LogP contribution in [0.1, 0.15) is 23.0 Å².